The van der Waals surface area contributed by atoms with Gasteiger partial charge in [0.05, 0.1) is 5.56 Å². The van der Waals surface area contributed by atoms with Crippen LogP contribution in [0, 0.1) is 18.7 Å². The predicted molar refractivity (Wildman–Crippen MR) is 75.5 cm³/mol. The van der Waals surface area contributed by atoms with E-state index in [1.807, 2.05) is 6.92 Å². The maximum Gasteiger partial charge on any atom is 0.256 e. The third kappa shape index (κ3) is 2.86. The van der Waals surface area contributed by atoms with Crippen LogP contribution in [0.5, 0.6) is 0 Å². The minimum atomic E-state index is -0.438. The number of carbonyl (C=O) groups excluding carboxylic acids is 1. The highest BCUT2D eigenvalue weighted by molar-refractivity contribution is 5.95. The van der Waals surface area contributed by atoms with E-state index in [-0.39, 0.29) is 11.5 Å². The minimum absolute atomic E-state index is 0.162. The zero-order valence-electron chi connectivity index (χ0n) is 11.6. The first-order valence-corrected chi connectivity index (χ1v) is 6.74. The van der Waals surface area contributed by atoms with Gasteiger partial charge in [0, 0.05) is 13.1 Å². The molecule has 1 amide bonds. The van der Waals surface area contributed by atoms with Crippen LogP contribution in [0.2, 0.25) is 0 Å². The highest BCUT2D eigenvalue weighted by atomic mass is 19.1. The van der Waals surface area contributed by atoms with E-state index in [0.717, 1.165) is 37.1 Å². The molecular formula is C16H20FNO. The summed E-state index contributed by atoms with van der Waals surface area (Å²) in [7, 11) is 0. The third-order valence-electron chi connectivity index (χ3n) is 3.88. The van der Waals surface area contributed by atoms with Crippen molar-refractivity contribution < 1.29 is 9.18 Å². The van der Waals surface area contributed by atoms with Gasteiger partial charge in [-0.1, -0.05) is 19.6 Å². The van der Waals surface area contributed by atoms with Crippen LogP contribution in [0.4, 0.5) is 4.39 Å². The molecule has 2 nitrogen and oxygen atoms in total. The first-order valence-electron chi connectivity index (χ1n) is 6.74. The van der Waals surface area contributed by atoms with Gasteiger partial charge in [0.15, 0.2) is 0 Å². The fourth-order valence-corrected chi connectivity index (χ4v) is 2.46. The molecule has 0 aliphatic carbocycles. The number of hydrogen-bond donors (Lipinski definition) is 0. The Morgan fingerprint density at radius 3 is 2.63 bits per heavy atom. The van der Waals surface area contributed by atoms with Crippen molar-refractivity contribution in [3.05, 3.63) is 41.2 Å². The number of aryl methyl sites for hydroxylation is 1. The molecule has 0 saturated carbocycles. The highest BCUT2D eigenvalue weighted by Gasteiger charge is 2.24. The van der Waals surface area contributed by atoms with Gasteiger partial charge >= 0.3 is 0 Å². The molecule has 1 heterocycles. The molecule has 1 aromatic carbocycles. The van der Waals surface area contributed by atoms with E-state index in [9.17, 15) is 9.18 Å². The largest absolute Gasteiger partial charge is 0.339 e. The van der Waals surface area contributed by atoms with Crippen LogP contribution >= 0.6 is 0 Å². The van der Waals surface area contributed by atoms with Gasteiger partial charge < -0.3 is 4.90 Å². The Balaban J connectivity index is 2.26. The predicted octanol–water partition coefficient (Wildman–Crippen LogP) is 3.65. The summed E-state index contributed by atoms with van der Waals surface area (Å²) in [6, 6.07) is 3.02. The van der Waals surface area contributed by atoms with Gasteiger partial charge in [-0.05, 0) is 48.9 Å². The van der Waals surface area contributed by atoms with Crippen molar-refractivity contribution in [3.63, 3.8) is 0 Å². The van der Waals surface area contributed by atoms with Gasteiger partial charge in [-0.25, -0.2) is 4.39 Å². The number of amides is 1. The average Bonchev–Trinajstić information content (AvgIpc) is 2.39. The molecule has 0 bridgehead atoms. The third-order valence-corrected chi connectivity index (χ3v) is 3.88. The Morgan fingerprint density at radius 2 is 2.05 bits per heavy atom. The van der Waals surface area contributed by atoms with Crippen molar-refractivity contribution in [1.82, 2.24) is 4.90 Å². The van der Waals surface area contributed by atoms with E-state index in [1.54, 1.807) is 17.0 Å². The summed E-state index contributed by atoms with van der Waals surface area (Å²) in [4.78, 5) is 14.1. The summed E-state index contributed by atoms with van der Waals surface area (Å²) >= 11 is 0. The Bertz CT molecular complexity index is 502. The molecule has 0 N–H and O–H groups in total. The van der Waals surface area contributed by atoms with Gasteiger partial charge in [-0.2, -0.15) is 0 Å². The summed E-state index contributed by atoms with van der Waals surface area (Å²) in [6.07, 6.45) is 3.64. The van der Waals surface area contributed by atoms with Crippen LogP contribution in [0.25, 0.3) is 6.08 Å². The molecule has 1 fully saturated rings. The van der Waals surface area contributed by atoms with Gasteiger partial charge in [-0.3, -0.25) is 4.79 Å². The molecule has 1 saturated heterocycles. The molecule has 1 aliphatic rings. The average molecular weight is 261 g/mol. The smallest absolute Gasteiger partial charge is 0.256 e. The summed E-state index contributed by atoms with van der Waals surface area (Å²) in [5, 5.41) is 0. The molecule has 1 aromatic rings. The fraction of sp³-hybridized carbons (Fsp3) is 0.438. The Kier molecular flexibility index (Phi) is 4.03. The molecule has 0 aromatic heterocycles. The number of likely N-dealkylation sites (tertiary alicyclic amines) is 1. The van der Waals surface area contributed by atoms with Crippen LogP contribution in [-0.4, -0.2) is 23.9 Å². The number of nitrogens with zero attached hydrogens (tertiary/aromatic N) is 1. The maximum absolute atomic E-state index is 14.0. The van der Waals surface area contributed by atoms with Crippen molar-refractivity contribution in [3.8, 4) is 0 Å². The lowest BCUT2D eigenvalue weighted by Crippen LogP contribution is -2.38. The number of piperidine rings is 1. The van der Waals surface area contributed by atoms with Gasteiger partial charge in [0.25, 0.3) is 5.91 Å². The summed E-state index contributed by atoms with van der Waals surface area (Å²) in [5.41, 5.74) is 1.78. The molecular weight excluding hydrogens is 241 g/mol. The van der Waals surface area contributed by atoms with Crippen molar-refractivity contribution in [1.29, 1.82) is 0 Å². The monoisotopic (exact) mass is 261 g/mol. The quantitative estimate of drug-likeness (QED) is 0.795. The maximum atomic E-state index is 14.0. The Hall–Kier alpha value is -1.64. The highest BCUT2D eigenvalue weighted by Crippen LogP contribution is 2.22. The molecule has 0 radical (unpaired) electrons. The standard InChI is InChI=1S/C16H20FNO/c1-4-13-10-14(15(17)9-12(13)3)16(19)18-7-5-11(2)6-8-18/h4,9-11H,1,5-8H2,2-3H3. The molecule has 0 spiro atoms. The van der Waals surface area contributed by atoms with E-state index >= 15 is 0 Å². The van der Waals surface area contributed by atoms with E-state index in [0.29, 0.717) is 5.92 Å². The van der Waals surface area contributed by atoms with Gasteiger partial charge in [0.1, 0.15) is 5.82 Å². The first-order chi connectivity index (χ1) is 9.02. The lowest BCUT2D eigenvalue weighted by molar-refractivity contribution is 0.0692. The normalized spacial score (nSPS) is 16.5. The summed E-state index contributed by atoms with van der Waals surface area (Å²) < 4.78 is 14.0. The molecule has 3 heteroatoms. The minimum Gasteiger partial charge on any atom is -0.339 e. The molecule has 102 valence electrons. The van der Waals surface area contributed by atoms with Crippen LogP contribution in [-0.2, 0) is 0 Å². The molecule has 0 atom stereocenters. The fourth-order valence-electron chi connectivity index (χ4n) is 2.46. The zero-order valence-corrected chi connectivity index (χ0v) is 11.6. The number of halogens is 1. The lowest BCUT2D eigenvalue weighted by Gasteiger charge is -2.30. The number of rotatable bonds is 2. The molecule has 19 heavy (non-hydrogen) atoms. The molecule has 0 unspecified atom stereocenters. The van der Waals surface area contributed by atoms with E-state index in [1.165, 1.54) is 6.07 Å². The van der Waals surface area contributed by atoms with E-state index in [2.05, 4.69) is 13.5 Å². The topological polar surface area (TPSA) is 20.3 Å². The zero-order chi connectivity index (χ0) is 14.0. The second-order valence-corrected chi connectivity index (χ2v) is 5.37. The summed E-state index contributed by atoms with van der Waals surface area (Å²) in [5.74, 6) is 0.00914. The summed E-state index contributed by atoms with van der Waals surface area (Å²) in [6.45, 7) is 9.14. The van der Waals surface area contributed by atoms with Crippen molar-refractivity contribution in [2.75, 3.05) is 13.1 Å². The Morgan fingerprint density at radius 1 is 1.42 bits per heavy atom. The Labute approximate surface area is 113 Å². The number of hydrogen-bond acceptors (Lipinski definition) is 1. The first kappa shape index (κ1) is 13.8. The van der Waals surface area contributed by atoms with Crippen LogP contribution in [0.3, 0.4) is 0 Å². The van der Waals surface area contributed by atoms with Crippen molar-refractivity contribution in [2.24, 2.45) is 5.92 Å². The lowest BCUT2D eigenvalue weighted by atomic mass is 9.97. The number of benzene rings is 1. The SMILES string of the molecule is C=Cc1cc(C(=O)N2CCC(C)CC2)c(F)cc1C. The van der Waals surface area contributed by atoms with Crippen molar-refractivity contribution in [2.45, 2.75) is 26.7 Å². The van der Waals surface area contributed by atoms with E-state index < -0.39 is 5.82 Å². The van der Waals surface area contributed by atoms with Crippen LogP contribution < -0.4 is 0 Å². The molecule has 2 rings (SSSR count). The van der Waals surface area contributed by atoms with Crippen LogP contribution in [0.1, 0.15) is 41.3 Å². The van der Waals surface area contributed by atoms with Gasteiger partial charge in [-0.15, -0.1) is 0 Å². The number of carbonyl (C=O) groups is 1. The van der Waals surface area contributed by atoms with Crippen LogP contribution in [0.15, 0.2) is 18.7 Å². The van der Waals surface area contributed by atoms with Gasteiger partial charge in [0.2, 0.25) is 0 Å². The second-order valence-electron chi connectivity index (χ2n) is 5.37. The second kappa shape index (κ2) is 5.55. The molecule has 1 aliphatic heterocycles. The van der Waals surface area contributed by atoms with Crippen molar-refractivity contribution >= 4 is 12.0 Å². The van der Waals surface area contributed by atoms with E-state index in [4.69, 9.17) is 0 Å².